The second kappa shape index (κ2) is 9.43. The van der Waals surface area contributed by atoms with Crippen LogP contribution in [0.25, 0.3) is 110 Å². The third-order valence-electron chi connectivity index (χ3n) is 10.8. The Labute approximate surface area is 285 Å². The standard InChI is InChI=1S/C46H26N4/c1-2-13-28-26-29(25-24-27(28)12-1)42-34-17-5-8-21-37(34)47-46(48-42)50-39-23-10-7-18-35(39)41-44(50)33-16-4-3-15-31(33)40-36-20-11-19-32-30-14-6-9-22-38(30)49(43(32)36)45(40)41/h1-26H. The lowest BCUT2D eigenvalue weighted by Crippen LogP contribution is -2.04. The molecule has 0 N–H and O–H groups in total. The Balaban J connectivity index is 1.31. The summed E-state index contributed by atoms with van der Waals surface area (Å²) in [6.07, 6.45) is 0. The van der Waals surface area contributed by atoms with Crippen LogP contribution in [0.2, 0.25) is 0 Å². The lowest BCUT2D eigenvalue weighted by Gasteiger charge is -2.13. The van der Waals surface area contributed by atoms with Gasteiger partial charge < -0.3 is 4.40 Å². The van der Waals surface area contributed by atoms with E-state index >= 15 is 0 Å². The molecular weight excluding hydrogens is 609 g/mol. The number of para-hydroxylation sites is 4. The molecule has 0 saturated heterocycles. The maximum absolute atomic E-state index is 5.48. The fourth-order valence-corrected chi connectivity index (χ4v) is 8.77. The molecule has 0 radical (unpaired) electrons. The Morgan fingerprint density at radius 1 is 0.380 bits per heavy atom. The minimum absolute atomic E-state index is 0.668. The van der Waals surface area contributed by atoms with Crippen LogP contribution in [-0.4, -0.2) is 18.9 Å². The summed E-state index contributed by atoms with van der Waals surface area (Å²) in [6.45, 7) is 0. The largest absolute Gasteiger partial charge is 0.307 e. The van der Waals surface area contributed by atoms with Crippen LogP contribution in [-0.2, 0) is 0 Å². The molecule has 0 fully saturated rings. The van der Waals surface area contributed by atoms with Crippen LogP contribution in [0.1, 0.15) is 0 Å². The van der Waals surface area contributed by atoms with E-state index in [1.807, 2.05) is 0 Å². The van der Waals surface area contributed by atoms with Crippen molar-refractivity contribution in [3.63, 3.8) is 0 Å². The third kappa shape index (κ3) is 3.25. The molecule has 0 atom stereocenters. The number of aromatic nitrogens is 4. The second-order valence-corrected chi connectivity index (χ2v) is 13.4. The van der Waals surface area contributed by atoms with E-state index in [4.69, 9.17) is 9.97 Å². The highest BCUT2D eigenvalue weighted by atomic mass is 15.2. The van der Waals surface area contributed by atoms with Crippen molar-refractivity contribution in [3.05, 3.63) is 158 Å². The summed E-state index contributed by atoms with van der Waals surface area (Å²) in [5, 5.41) is 13.4. The predicted molar refractivity (Wildman–Crippen MR) is 209 cm³/mol. The van der Waals surface area contributed by atoms with Crippen molar-refractivity contribution in [2.45, 2.75) is 0 Å². The zero-order valence-electron chi connectivity index (χ0n) is 26.8. The molecule has 0 aliphatic carbocycles. The number of hydrogen-bond donors (Lipinski definition) is 0. The first-order chi connectivity index (χ1) is 24.8. The van der Waals surface area contributed by atoms with Gasteiger partial charge in [0.05, 0.1) is 38.8 Å². The van der Waals surface area contributed by atoms with Gasteiger partial charge in [-0.3, -0.25) is 4.57 Å². The van der Waals surface area contributed by atoms with Gasteiger partial charge in [0.25, 0.3) is 0 Å². The molecule has 12 rings (SSSR count). The zero-order chi connectivity index (χ0) is 32.5. The monoisotopic (exact) mass is 634 g/mol. The van der Waals surface area contributed by atoms with Crippen LogP contribution >= 0.6 is 0 Å². The van der Waals surface area contributed by atoms with Crippen LogP contribution in [0, 0.1) is 0 Å². The van der Waals surface area contributed by atoms with Gasteiger partial charge in [0, 0.05) is 48.7 Å². The normalized spacial score (nSPS) is 12.4. The lowest BCUT2D eigenvalue weighted by atomic mass is 9.98. The summed E-state index contributed by atoms with van der Waals surface area (Å²) in [5.74, 6) is 0.668. The average Bonchev–Trinajstić information content (AvgIpc) is 3.83. The Bertz CT molecular complexity index is 3380. The average molecular weight is 635 g/mol. The lowest BCUT2D eigenvalue weighted by molar-refractivity contribution is 1.02. The summed E-state index contributed by atoms with van der Waals surface area (Å²) < 4.78 is 4.83. The maximum atomic E-state index is 5.48. The number of fused-ring (bicyclic) bond motifs is 15. The Kier molecular flexibility index (Phi) is 4.94. The Hall–Kier alpha value is -6.78. The molecule has 0 aliphatic heterocycles. The third-order valence-corrected chi connectivity index (χ3v) is 10.8. The van der Waals surface area contributed by atoms with E-state index in [1.165, 1.54) is 70.4 Å². The summed E-state index contributed by atoms with van der Waals surface area (Å²) >= 11 is 0. The van der Waals surface area contributed by atoms with Crippen LogP contribution in [0.5, 0.6) is 0 Å². The summed E-state index contributed by atoms with van der Waals surface area (Å²) in [4.78, 5) is 10.8. The molecule has 4 nitrogen and oxygen atoms in total. The SMILES string of the molecule is c1ccc2cc(-c3nc(-n4c5ccccc5c5c4c4ccccc4c4c6cccc7c8ccccc8n(c76)c45)nc4ccccc34)ccc2c1. The van der Waals surface area contributed by atoms with Crippen LogP contribution in [0.4, 0.5) is 0 Å². The van der Waals surface area contributed by atoms with Crippen molar-refractivity contribution in [3.8, 4) is 17.2 Å². The smallest absolute Gasteiger partial charge is 0.235 e. The first-order valence-corrected chi connectivity index (χ1v) is 17.1. The van der Waals surface area contributed by atoms with E-state index in [0.717, 1.165) is 33.2 Å². The quantitative estimate of drug-likeness (QED) is 0.190. The molecule has 12 aromatic rings. The van der Waals surface area contributed by atoms with Crippen molar-refractivity contribution in [2.24, 2.45) is 0 Å². The Morgan fingerprint density at radius 3 is 1.90 bits per heavy atom. The van der Waals surface area contributed by atoms with E-state index in [1.54, 1.807) is 0 Å². The first kappa shape index (κ1) is 26.2. The van der Waals surface area contributed by atoms with E-state index in [-0.39, 0.29) is 0 Å². The van der Waals surface area contributed by atoms with Gasteiger partial charge in [-0.15, -0.1) is 0 Å². The van der Waals surface area contributed by atoms with Crippen LogP contribution in [0.15, 0.2) is 158 Å². The number of rotatable bonds is 2. The summed E-state index contributed by atoms with van der Waals surface area (Å²) in [7, 11) is 0. The molecule has 4 heteroatoms. The highest BCUT2D eigenvalue weighted by Gasteiger charge is 2.26. The van der Waals surface area contributed by atoms with Crippen LogP contribution in [0.3, 0.4) is 0 Å². The molecule has 0 aliphatic rings. The number of nitrogens with zero attached hydrogens (tertiary/aromatic N) is 4. The molecule has 0 amide bonds. The van der Waals surface area contributed by atoms with E-state index in [2.05, 4.69) is 167 Å². The summed E-state index contributed by atoms with van der Waals surface area (Å²) in [5.41, 5.74) is 8.87. The van der Waals surface area contributed by atoms with Crippen molar-refractivity contribution in [1.29, 1.82) is 0 Å². The molecule has 230 valence electrons. The van der Waals surface area contributed by atoms with Gasteiger partial charge in [-0.2, -0.15) is 0 Å². The van der Waals surface area contributed by atoms with E-state index in [9.17, 15) is 0 Å². The maximum Gasteiger partial charge on any atom is 0.235 e. The molecular formula is C46H26N4. The molecule has 0 spiro atoms. The van der Waals surface area contributed by atoms with E-state index in [0.29, 0.717) is 5.95 Å². The molecule has 4 heterocycles. The Morgan fingerprint density at radius 2 is 1.02 bits per heavy atom. The van der Waals surface area contributed by atoms with Crippen molar-refractivity contribution in [1.82, 2.24) is 18.9 Å². The minimum atomic E-state index is 0.668. The predicted octanol–water partition coefficient (Wildman–Crippen LogP) is 11.9. The van der Waals surface area contributed by atoms with Crippen molar-refractivity contribution in [2.75, 3.05) is 0 Å². The number of hydrogen-bond acceptors (Lipinski definition) is 2. The highest BCUT2D eigenvalue weighted by Crippen LogP contribution is 2.48. The molecule has 4 aromatic heterocycles. The van der Waals surface area contributed by atoms with E-state index < -0.39 is 0 Å². The van der Waals surface area contributed by atoms with Gasteiger partial charge in [-0.25, -0.2) is 9.97 Å². The van der Waals surface area contributed by atoms with Crippen molar-refractivity contribution >= 4 is 92.3 Å². The van der Waals surface area contributed by atoms with Gasteiger partial charge >= 0.3 is 0 Å². The highest BCUT2D eigenvalue weighted by molar-refractivity contribution is 6.39. The molecule has 50 heavy (non-hydrogen) atoms. The van der Waals surface area contributed by atoms with Crippen LogP contribution < -0.4 is 0 Å². The zero-order valence-corrected chi connectivity index (χ0v) is 26.8. The second-order valence-electron chi connectivity index (χ2n) is 13.4. The van der Waals surface area contributed by atoms with Gasteiger partial charge in [0.15, 0.2) is 0 Å². The molecule has 8 aromatic carbocycles. The minimum Gasteiger partial charge on any atom is -0.307 e. The fourth-order valence-electron chi connectivity index (χ4n) is 8.77. The van der Waals surface area contributed by atoms with Gasteiger partial charge in [0.1, 0.15) is 0 Å². The first-order valence-electron chi connectivity index (χ1n) is 17.1. The topological polar surface area (TPSA) is 35.1 Å². The summed E-state index contributed by atoms with van der Waals surface area (Å²) in [6, 6.07) is 56.7. The fraction of sp³-hybridized carbons (Fsp3) is 0. The number of benzene rings is 8. The molecule has 0 unspecified atom stereocenters. The van der Waals surface area contributed by atoms with Gasteiger partial charge in [-0.1, -0.05) is 133 Å². The molecule has 0 saturated carbocycles. The van der Waals surface area contributed by atoms with Gasteiger partial charge in [0.2, 0.25) is 5.95 Å². The van der Waals surface area contributed by atoms with Gasteiger partial charge in [-0.05, 0) is 40.4 Å². The van der Waals surface area contributed by atoms with Crippen molar-refractivity contribution < 1.29 is 0 Å². The molecule has 0 bridgehead atoms.